The Balaban J connectivity index is 1.91. The largest absolute Gasteiger partial charge is 0.430 e. The first kappa shape index (κ1) is 34.7. The smallest absolute Gasteiger partial charge is 0.321 e. The standard InChI is InChI=1S/C36H64O2/c1-3-5-7-9-11-13-15-17-19-21-23-25-27-29-31-33-35-34(36(37)38-35)32-30-28-26-24-22-20-18-16-14-12-10-8-6-4-2/h17-20,33-34H,3-16,21-32H2,1-2H3/b19-17-,20-18-,35-33-. The fourth-order valence-electron chi connectivity index (χ4n) is 5.29. The summed E-state index contributed by atoms with van der Waals surface area (Å²) in [5.41, 5.74) is 0. The van der Waals surface area contributed by atoms with E-state index in [1.54, 1.807) is 0 Å². The first-order valence-corrected chi connectivity index (χ1v) is 17.0. The van der Waals surface area contributed by atoms with Gasteiger partial charge in [0.05, 0.1) is 0 Å². The molecule has 2 nitrogen and oxygen atoms in total. The van der Waals surface area contributed by atoms with Gasteiger partial charge in [0.1, 0.15) is 11.7 Å². The number of carbonyl (C=O) groups is 1. The Hall–Kier alpha value is -1.31. The second-order valence-electron chi connectivity index (χ2n) is 11.6. The Morgan fingerprint density at radius 1 is 0.500 bits per heavy atom. The molecule has 38 heavy (non-hydrogen) atoms. The zero-order chi connectivity index (χ0) is 27.4. The average molecular weight is 529 g/mol. The first-order valence-electron chi connectivity index (χ1n) is 17.0. The third-order valence-electron chi connectivity index (χ3n) is 7.91. The van der Waals surface area contributed by atoms with Gasteiger partial charge in [0.2, 0.25) is 0 Å². The van der Waals surface area contributed by atoms with Crippen molar-refractivity contribution in [1.29, 1.82) is 0 Å². The second-order valence-corrected chi connectivity index (χ2v) is 11.6. The van der Waals surface area contributed by atoms with E-state index in [1.807, 2.05) is 0 Å². The number of cyclic esters (lactones) is 1. The van der Waals surface area contributed by atoms with Gasteiger partial charge in [0.25, 0.3) is 0 Å². The van der Waals surface area contributed by atoms with Crippen molar-refractivity contribution < 1.29 is 9.53 Å². The molecule has 0 aromatic carbocycles. The lowest BCUT2D eigenvalue weighted by Crippen LogP contribution is -2.32. The summed E-state index contributed by atoms with van der Waals surface area (Å²) in [6, 6.07) is 0. The molecule has 220 valence electrons. The van der Waals surface area contributed by atoms with Crippen LogP contribution in [0.5, 0.6) is 0 Å². The van der Waals surface area contributed by atoms with Gasteiger partial charge < -0.3 is 4.74 Å². The van der Waals surface area contributed by atoms with E-state index in [2.05, 4.69) is 44.2 Å². The summed E-state index contributed by atoms with van der Waals surface area (Å²) in [5.74, 6) is 1.02. The molecule has 0 aromatic rings. The van der Waals surface area contributed by atoms with Gasteiger partial charge in [-0.15, -0.1) is 0 Å². The van der Waals surface area contributed by atoms with Crippen LogP contribution in [0, 0.1) is 5.92 Å². The van der Waals surface area contributed by atoms with Crippen molar-refractivity contribution in [3.05, 3.63) is 36.1 Å². The van der Waals surface area contributed by atoms with Gasteiger partial charge in [-0.1, -0.05) is 134 Å². The Bertz CT molecular complexity index is 615. The predicted octanol–water partition coefficient (Wildman–Crippen LogP) is 12.3. The van der Waals surface area contributed by atoms with Gasteiger partial charge in [0, 0.05) is 0 Å². The molecule has 1 saturated heterocycles. The number of unbranched alkanes of at least 4 members (excludes halogenated alkanes) is 21. The summed E-state index contributed by atoms with van der Waals surface area (Å²) in [6.07, 6.45) is 45.4. The fraction of sp³-hybridized carbons (Fsp3) is 0.806. The van der Waals surface area contributed by atoms with Crippen LogP contribution in [0.4, 0.5) is 0 Å². The van der Waals surface area contributed by atoms with Crippen LogP contribution in [0.2, 0.25) is 0 Å². The average Bonchev–Trinajstić information content (AvgIpc) is 2.92. The molecule has 0 radical (unpaired) electrons. The molecule has 0 aliphatic carbocycles. The monoisotopic (exact) mass is 528 g/mol. The summed E-state index contributed by atoms with van der Waals surface area (Å²) in [7, 11) is 0. The Kier molecular flexibility index (Phi) is 24.9. The highest BCUT2D eigenvalue weighted by Gasteiger charge is 2.36. The SMILES string of the molecule is CCCCCCCC/C=C\CCCCCC/C=C1\OC(=O)C1CCCCCC/C=C\CCCCCCCC. The van der Waals surface area contributed by atoms with E-state index in [9.17, 15) is 4.79 Å². The van der Waals surface area contributed by atoms with Crippen LogP contribution in [-0.4, -0.2) is 5.97 Å². The molecule has 0 amide bonds. The van der Waals surface area contributed by atoms with Crippen LogP contribution in [0.1, 0.15) is 181 Å². The van der Waals surface area contributed by atoms with E-state index in [0.29, 0.717) is 0 Å². The van der Waals surface area contributed by atoms with Crippen molar-refractivity contribution in [1.82, 2.24) is 0 Å². The minimum atomic E-state index is 0.00150. The molecule has 1 fully saturated rings. The normalized spacial score (nSPS) is 16.6. The molecule has 0 N–H and O–H groups in total. The van der Waals surface area contributed by atoms with Gasteiger partial charge >= 0.3 is 5.97 Å². The summed E-state index contributed by atoms with van der Waals surface area (Å²) in [4.78, 5) is 11.9. The maximum atomic E-state index is 11.9. The predicted molar refractivity (Wildman–Crippen MR) is 167 cm³/mol. The van der Waals surface area contributed by atoms with Crippen molar-refractivity contribution in [2.45, 2.75) is 181 Å². The summed E-state index contributed by atoms with van der Waals surface area (Å²) < 4.78 is 5.34. The molecular formula is C36H64O2. The molecule has 0 bridgehead atoms. The van der Waals surface area contributed by atoms with Gasteiger partial charge in [-0.25, -0.2) is 0 Å². The number of hydrogen-bond acceptors (Lipinski definition) is 2. The molecule has 2 heteroatoms. The van der Waals surface area contributed by atoms with Crippen LogP contribution < -0.4 is 0 Å². The van der Waals surface area contributed by atoms with Gasteiger partial charge in [-0.05, 0) is 76.7 Å². The van der Waals surface area contributed by atoms with Crippen molar-refractivity contribution >= 4 is 5.97 Å². The molecule has 1 atom stereocenters. The minimum absolute atomic E-state index is 0.00150. The van der Waals surface area contributed by atoms with E-state index in [-0.39, 0.29) is 11.9 Å². The van der Waals surface area contributed by atoms with Gasteiger partial charge in [0.15, 0.2) is 0 Å². The topological polar surface area (TPSA) is 26.3 Å². The maximum Gasteiger partial charge on any atom is 0.321 e. The lowest BCUT2D eigenvalue weighted by atomic mass is 9.93. The third-order valence-corrected chi connectivity index (χ3v) is 7.91. The molecule has 0 aromatic heterocycles. The summed E-state index contributed by atoms with van der Waals surface area (Å²) in [6.45, 7) is 4.56. The first-order chi connectivity index (χ1) is 18.8. The zero-order valence-corrected chi connectivity index (χ0v) is 25.7. The molecular weight excluding hydrogens is 464 g/mol. The highest BCUT2D eigenvalue weighted by Crippen LogP contribution is 2.32. The lowest BCUT2D eigenvalue weighted by molar-refractivity contribution is -0.157. The Labute approximate surface area is 238 Å². The minimum Gasteiger partial charge on any atom is -0.430 e. The van der Waals surface area contributed by atoms with Gasteiger partial charge in [-0.3, -0.25) is 4.79 Å². The second kappa shape index (κ2) is 27.3. The van der Waals surface area contributed by atoms with Crippen molar-refractivity contribution in [3.63, 3.8) is 0 Å². The molecule has 1 aliphatic heterocycles. The van der Waals surface area contributed by atoms with E-state index >= 15 is 0 Å². The number of hydrogen-bond donors (Lipinski definition) is 0. The highest BCUT2D eigenvalue weighted by molar-refractivity contribution is 5.82. The van der Waals surface area contributed by atoms with Crippen LogP contribution in [0.3, 0.4) is 0 Å². The highest BCUT2D eigenvalue weighted by atomic mass is 16.6. The lowest BCUT2D eigenvalue weighted by Gasteiger charge is -2.28. The molecule has 1 aliphatic rings. The summed E-state index contributed by atoms with van der Waals surface area (Å²) in [5, 5.41) is 0. The van der Waals surface area contributed by atoms with Crippen molar-refractivity contribution in [2.75, 3.05) is 0 Å². The zero-order valence-electron chi connectivity index (χ0n) is 25.7. The molecule has 0 spiro atoms. The maximum absolute atomic E-state index is 11.9. The third kappa shape index (κ3) is 20.6. The van der Waals surface area contributed by atoms with Crippen molar-refractivity contribution in [2.24, 2.45) is 5.92 Å². The van der Waals surface area contributed by atoms with Crippen LogP contribution >= 0.6 is 0 Å². The Morgan fingerprint density at radius 3 is 1.29 bits per heavy atom. The number of allylic oxidation sites excluding steroid dienone is 5. The van der Waals surface area contributed by atoms with Crippen LogP contribution in [0.15, 0.2) is 36.1 Å². The quantitative estimate of drug-likeness (QED) is 0.0573. The van der Waals surface area contributed by atoms with E-state index in [1.165, 1.54) is 148 Å². The van der Waals surface area contributed by atoms with Gasteiger partial charge in [-0.2, -0.15) is 0 Å². The molecule has 1 unspecified atom stereocenters. The Morgan fingerprint density at radius 2 is 0.868 bits per heavy atom. The number of esters is 1. The van der Waals surface area contributed by atoms with Crippen LogP contribution in [0.25, 0.3) is 0 Å². The van der Waals surface area contributed by atoms with Crippen molar-refractivity contribution in [3.8, 4) is 0 Å². The number of ether oxygens (including phenoxy) is 1. The number of carbonyl (C=O) groups excluding carboxylic acids is 1. The number of rotatable bonds is 28. The van der Waals surface area contributed by atoms with E-state index < -0.39 is 0 Å². The molecule has 1 rings (SSSR count). The van der Waals surface area contributed by atoms with E-state index in [0.717, 1.165) is 25.0 Å². The molecule has 0 saturated carbocycles. The fourth-order valence-corrected chi connectivity index (χ4v) is 5.29. The molecule has 1 heterocycles. The van der Waals surface area contributed by atoms with E-state index in [4.69, 9.17) is 4.74 Å². The van der Waals surface area contributed by atoms with Crippen LogP contribution in [-0.2, 0) is 9.53 Å². The summed E-state index contributed by atoms with van der Waals surface area (Å²) >= 11 is 0.